The number of piperidine rings is 1. The van der Waals surface area contributed by atoms with Gasteiger partial charge in [-0.15, -0.1) is 0 Å². The average molecular weight is 1280 g/mol. The van der Waals surface area contributed by atoms with Gasteiger partial charge < -0.3 is 35.9 Å². The number of anilines is 4. The predicted molar refractivity (Wildman–Crippen MR) is 353 cm³/mol. The second kappa shape index (κ2) is 29.2. The van der Waals surface area contributed by atoms with Crippen LogP contribution in [0.25, 0.3) is 16.6 Å². The van der Waals surface area contributed by atoms with E-state index in [1.54, 1.807) is 48.7 Å². The van der Waals surface area contributed by atoms with Crippen LogP contribution in [0.15, 0.2) is 114 Å². The van der Waals surface area contributed by atoms with Crippen LogP contribution in [0.2, 0.25) is 5.02 Å². The van der Waals surface area contributed by atoms with Crippen molar-refractivity contribution in [2.75, 3.05) is 86.9 Å². The Morgan fingerprint density at radius 1 is 0.791 bits per heavy atom. The second-order valence-corrected chi connectivity index (χ2v) is 27.6. The number of ether oxygens (including phenoxy) is 1. The zero-order valence-corrected chi connectivity index (χ0v) is 53.4. The molecule has 1 atom stereocenters. The molecule has 2 aliphatic carbocycles. The number of aromatic nitrogens is 2. The lowest BCUT2D eigenvalue weighted by Crippen LogP contribution is -2.54. The van der Waals surface area contributed by atoms with E-state index in [4.69, 9.17) is 16.3 Å². The Morgan fingerprint density at radius 2 is 1.58 bits per heavy atom. The van der Waals surface area contributed by atoms with E-state index in [0.29, 0.717) is 71.6 Å². The SMILES string of the molecule is CC1(C)CCC(CNCCNc2ccc(C(=O)NS(=O)(=O)c3ccc(NCC4CCC(N5CCN(CCCCCCCNc6cccc7c6C(=O)N(C6CCC(=O)NC6=O)C7=O)CC5)CC4)c(NO)c3)c(Oc3cnc4[nH]ccc4c3)c2)=C(c2ccc(Cl)cc2)C1. The number of sulfonamides is 1. The van der Waals surface area contributed by atoms with E-state index >= 15 is 0 Å². The monoisotopic (exact) mass is 1280 g/mol. The van der Waals surface area contributed by atoms with E-state index in [1.807, 2.05) is 18.2 Å². The lowest BCUT2D eigenvalue weighted by molar-refractivity contribution is -0.136. The molecule has 91 heavy (non-hydrogen) atoms. The molecule has 23 heteroatoms. The van der Waals surface area contributed by atoms with Crippen molar-refractivity contribution >= 4 is 90.5 Å². The minimum absolute atomic E-state index is 0.0115. The summed E-state index contributed by atoms with van der Waals surface area (Å²) in [4.78, 5) is 78.3. The number of H-pyrrole nitrogens is 1. The molecule has 9 N–H and O–H groups in total. The van der Waals surface area contributed by atoms with Crippen molar-refractivity contribution in [2.45, 2.75) is 121 Å². The van der Waals surface area contributed by atoms with Crippen LogP contribution in [0.1, 0.15) is 140 Å². The zero-order chi connectivity index (χ0) is 63.7. The van der Waals surface area contributed by atoms with E-state index in [2.05, 4.69) is 82.5 Å². The zero-order valence-electron chi connectivity index (χ0n) is 51.8. The second-order valence-electron chi connectivity index (χ2n) is 25.5. The molecule has 4 aromatic carbocycles. The molecule has 6 aromatic rings. The molecule has 3 fully saturated rings. The van der Waals surface area contributed by atoms with Gasteiger partial charge >= 0.3 is 0 Å². The van der Waals surface area contributed by atoms with Crippen LogP contribution >= 0.6 is 11.6 Å². The van der Waals surface area contributed by atoms with Crippen molar-refractivity contribution in [1.82, 2.24) is 40.0 Å². The van der Waals surface area contributed by atoms with Crippen molar-refractivity contribution in [1.29, 1.82) is 0 Å². The standard InChI is InChI=1S/C68H83ClN12O9S/c1-68(2)27-25-47(55(40-68)45-13-15-48(69)16-14-45)42-70-30-31-71-49-17-21-53(60(38-49)90-51-37-46-26-29-73-63(46)75-43-51)64(83)78-91(88,89)52-20-22-56(58(39-52)77-87)74-41-44-11-18-50(19-12-44)80-35-33-79(34-36-80)32-7-5-3-4-6-28-72-57-10-8-9-54-62(57)67(86)81(66(54)85)59-23-24-61(82)76-65(59)84/h8-10,13-17,20-22,26,29,37-39,43-44,50,59,70-72,74,77,87H,3-7,11-12,18-19,23-25,27-28,30-36,40-42H2,1-2H3,(H,73,75)(H,78,83)(H,76,82,84). The molecular formula is C68H83ClN12O9S. The third-order valence-electron chi connectivity index (χ3n) is 18.6. The number of allylic oxidation sites excluding steroid dienone is 1. The Labute approximate surface area is 536 Å². The first kappa shape index (κ1) is 64.7. The molecule has 0 radical (unpaired) electrons. The quantitative estimate of drug-likeness (QED) is 0.0132. The summed E-state index contributed by atoms with van der Waals surface area (Å²) in [6, 6.07) is 25.6. The number of pyridine rings is 1. The summed E-state index contributed by atoms with van der Waals surface area (Å²) in [5.74, 6) is -2.05. The highest BCUT2D eigenvalue weighted by atomic mass is 35.5. The van der Waals surface area contributed by atoms with Crippen LogP contribution in [0.3, 0.4) is 0 Å². The van der Waals surface area contributed by atoms with E-state index in [0.717, 1.165) is 127 Å². The summed E-state index contributed by atoms with van der Waals surface area (Å²) in [6.45, 7) is 13.2. The van der Waals surface area contributed by atoms with Crippen molar-refractivity contribution < 1.29 is 42.3 Å². The molecule has 5 aliphatic rings. The number of carbonyl (C=O) groups is 5. The summed E-state index contributed by atoms with van der Waals surface area (Å²) < 4.78 is 36.4. The summed E-state index contributed by atoms with van der Waals surface area (Å²) in [7, 11) is -4.44. The number of nitrogens with zero attached hydrogens (tertiary/aromatic N) is 4. The fraction of sp³-hybridized carbons (Fsp3) is 0.441. The van der Waals surface area contributed by atoms with Crippen LogP contribution in [0.4, 0.5) is 22.7 Å². The number of carbonyl (C=O) groups excluding carboxylic acids is 5. The summed E-state index contributed by atoms with van der Waals surface area (Å²) >= 11 is 6.23. The first-order valence-electron chi connectivity index (χ1n) is 32.1. The van der Waals surface area contributed by atoms with Crippen LogP contribution in [-0.4, -0.2) is 145 Å². The lowest BCUT2D eigenvalue weighted by Gasteiger charge is -2.42. The fourth-order valence-corrected chi connectivity index (χ4v) is 14.5. The van der Waals surface area contributed by atoms with Crippen LogP contribution < -0.4 is 41.5 Å². The number of benzene rings is 4. The number of imide groups is 2. The van der Waals surface area contributed by atoms with E-state index in [9.17, 15) is 37.6 Å². The highest BCUT2D eigenvalue weighted by molar-refractivity contribution is 7.90. The predicted octanol–water partition coefficient (Wildman–Crippen LogP) is 10.6. The number of hydrogen-bond acceptors (Lipinski definition) is 17. The van der Waals surface area contributed by atoms with Crippen LogP contribution in [0.5, 0.6) is 11.5 Å². The summed E-state index contributed by atoms with van der Waals surface area (Å²) in [6.07, 6.45) is 16.2. The Kier molecular flexibility index (Phi) is 20.7. The van der Waals surface area contributed by atoms with Gasteiger partial charge in [0.25, 0.3) is 27.7 Å². The lowest BCUT2D eigenvalue weighted by atomic mass is 9.72. The largest absolute Gasteiger partial charge is 0.455 e. The van der Waals surface area contributed by atoms with Gasteiger partial charge in [0.05, 0.1) is 39.2 Å². The highest BCUT2D eigenvalue weighted by Crippen LogP contribution is 2.43. The molecule has 1 saturated carbocycles. The molecule has 5 amide bonds. The molecule has 2 aromatic heterocycles. The smallest absolute Gasteiger partial charge is 0.268 e. The van der Waals surface area contributed by atoms with Gasteiger partial charge in [0, 0.05) is 105 Å². The third-order valence-corrected chi connectivity index (χ3v) is 20.2. The van der Waals surface area contributed by atoms with Crippen LogP contribution in [-0.2, 0) is 19.6 Å². The van der Waals surface area contributed by atoms with Gasteiger partial charge in [0.1, 0.15) is 23.2 Å². The molecule has 3 aliphatic heterocycles. The third kappa shape index (κ3) is 15.9. The van der Waals surface area contributed by atoms with Gasteiger partial charge in [0.15, 0.2) is 0 Å². The maximum atomic E-state index is 14.0. The number of fused-ring (bicyclic) bond motifs is 2. The van der Waals surface area contributed by atoms with Crippen molar-refractivity contribution in [3.05, 3.63) is 136 Å². The van der Waals surface area contributed by atoms with Gasteiger partial charge in [-0.3, -0.25) is 49.8 Å². The Hall–Kier alpha value is -7.86. The topological polar surface area (TPSA) is 272 Å². The summed E-state index contributed by atoms with van der Waals surface area (Å²) in [5, 5.41) is 27.8. The van der Waals surface area contributed by atoms with Crippen molar-refractivity contribution in [3.8, 4) is 11.5 Å². The van der Waals surface area contributed by atoms with Gasteiger partial charge in [-0.25, -0.2) is 18.1 Å². The maximum absolute atomic E-state index is 14.0. The molecular weight excluding hydrogens is 1200 g/mol. The summed E-state index contributed by atoms with van der Waals surface area (Å²) in [5.41, 5.74) is 9.49. The first-order valence-corrected chi connectivity index (χ1v) is 33.9. The van der Waals surface area contributed by atoms with Gasteiger partial charge in [0.2, 0.25) is 11.8 Å². The molecule has 2 saturated heterocycles. The first-order chi connectivity index (χ1) is 44.0. The average Bonchev–Trinajstić information content (AvgIpc) is 1.63. The number of amides is 5. The maximum Gasteiger partial charge on any atom is 0.268 e. The van der Waals surface area contributed by atoms with E-state index in [-0.39, 0.29) is 51.3 Å². The molecule has 0 bridgehead atoms. The molecule has 1 unspecified atom stereocenters. The molecule has 21 nitrogen and oxygen atoms in total. The number of unbranched alkanes of at least 4 members (excludes halogenated alkanes) is 4. The number of hydrogen-bond donors (Lipinski definition) is 9. The van der Waals surface area contributed by atoms with Crippen molar-refractivity contribution in [3.63, 3.8) is 0 Å². The molecule has 0 spiro atoms. The molecule has 5 heterocycles. The fourth-order valence-electron chi connectivity index (χ4n) is 13.4. The minimum atomic E-state index is -4.44. The Morgan fingerprint density at radius 3 is 2.37 bits per heavy atom. The van der Waals surface area contributed by atoms with Gasteiger partial charge in [-0.1, -0.05) is 68.5 Å². The number of halogens is 1. The van der Waals surface area contributed by atoms with Gasteiger partial charge in [-0.2, -0.15) is 0 Å². The Bertz CT molecular complexity index is 3790. The normalized spacial score (nSPS) is 19.7. The van der Waals surface area contributed by atoms with Crippen molar-refractivity contribution in [2.24, 2.45) is 11.3 Å². The minimum Gasteiger partial charge on any atom is -0.455 e. The number of piperazine rings is 1. The number of nitrogens with one attached hydrogen (secondary N) is 8. The highest BCUT2D eigenvalue weighted by Gasteiger charge is 2.46. The number of rotatable bonds is 27. The van der Waals surface area contributed by atoms with E-state index < -0.39 is 45.6 Å². The van der Waals surface area contributed by atoms with Gasteiger partial charge in [-0.05, 0) is 160 Å². The van der Waals surface area contributed by atoms with E-state index in [1.165, 1.54) is 41.1 Å². The molecule has 11 rings (SSSR count). The molecule has 482 valence electrons. The Balaban J connectivity index is 0.601. The van der Waals surface area contributed by atoms with Crippen LogP contribution in [0, 0.1) is 11.3 Å². The number of aromatic amines is 1.